The van der Waals surface area contributed by atoms with Gasteiger partial charge in [0, 0.05) is 0 Å². The molecule has 1 heterocycles. The van der Waals surface area contributed by atoms with E-state index in [4.69, 9.17) is 10.8 Å². The van der Waals surface area contributed by atoms with E-state index in [1.807, 2.05) is 25.1 Å². The van der Waals surface area contributed by atoms with Gasteiger partial charge in [-0.15, -0.1) is 0 Å². The van der Waals surface area contributed by atoms with Gasteiger partial charge in [0.2, 0.25) is 0 Å². The zero-order valence-electron chi connectivity index (χ0n) is 10.0. The van der Waals surface area contributed by atoms with Gasteiger partial charge in [-0.2, -0.15) is 0 Å². The van der Waals surface area contributed by atoms with Crippen LogP contribution in [-0.2, 0) is 4.79 Å². The summed E-state index contributed by atoms with van der Waals surface area (Å²) >= 11 is 1.21. The Kier molecular flexibility index (Phi) is 3.88. The number of carbonyl (C=O) groups is 1. The van der Waals surface area contributed by atoms with Crippen molar-refractivity contribution in [3.8, 4) is 0 Å². The monoisotopic (exact) mass is 265 g/mol. The molecule has 0 bridgehead atoms. The number of imidazole rings is 1. The van der Waals surface area contributed by atoms with Crippen LogP contribution in [0, 0.1) is 6.92 Å². The number of nitrogens with one attached hydrogen (secondary N) is 1. The van der Waals surface area contributed by atoms with E-state index in [0.717, 1.165) is 16.6 Å². The minimum atomic E-state index is -0.859. The molecule has 4 N–H and O–H groups in total. The van der Waals surface area contributed by atoms with Crippen molar-refractivity contribution in [3.63, 3.8) is 0 Å². The molecule has 0 aliphatic heterocycles. The number of hydrogen-bond donors (Lipinski definition) is 3. The highest BCUT2D eigenvalue weighted by molar-refractivity contribution is 8.00. The van der Waals surface area contributed by atoms with Crippen LogP contribution in [0.1, 0.15) is 12.0 Å². The lowest BCUT2D eigenvalue weighted by Crippen LogP contribution is -2.20. The lowest BCUT2D eigenvalue weighted by Gasteiger charge is -2.07. The maximum absolute atomic E-state index is 11.0. The van der Waals surface area contributed by atoms with Crippen molar-refractivity contribution in [2.45, 2.75) is 23.8 Å². The zero-order valence-corrected chi connectivity index (χ0v) is 10.8. The van der Waals surface area contributed by atoms with Crippen LogP contribution in [0.3, 0.4) is 0 Å². The van der Waals surface area contributed by atoms with Gasteiger partial charge in [0.05, 0.1) is 11.0 Å². The number of thioether (sulfide) groups is 1. The van der Waals surface area contributed by atoms with Gasteiger partial charge >= 0.3 is 5.97 Å². The molecule has 18 heavy (non-hydrogen) atoms. The Balaban J connectivity index is 2.22. The number of benzene rings is 1. The second-order valence-electron chi connectivity index (χ2n) is 4.08. The summed E-state index contributed by atoms with van der Waals surface area (Å²) in [7, 11) is 0. The molecule has 0 fully saturated rings. The Bertz CT molecular complexity index is 567. The third kappa shape index (κ3) is 2.83. The smallest absolute Gasteiger partial charge is 0.317 e. The lowest BCUT2D eigenvalue weighted by molar-refractivity contribution is -0.136. The standard InChI is InChI=1S/C12H15N3O2S/c1-7-2-3-8-9(6-7)15-12(14-8)18-10(4-5-13)11(16)17/h2-3,6,10H,4-5,13H2,1H3,(H,14,15)(H,16,17). The summed E-state index contributed by atoms with van der Waals surface area (Å²) < 4.78 is 0. The fraction of sp³-hybridized carbons (Fsp3) is 0.333. The minimum Gasteiger partial charge on any atom is -0.480 e. The molecule has 0 radical (unpaired) electrons. The third-order valence-corrected chi connectivity index (χ3v) is 3.71. The van der Waals surface area contributed by atoms with Gasteiger partial charge in [-0.3, -0.25) is 4.79 Å². The van der Waals surface area contributed by atoms with Crippen molar-refractivity contribution in [2.24, 2.45) is 5.73 Å². The SMILES string of the molecule is Cc1ccc2nc(SC(CCN)C(=O)O)[nH]c2c1. The molecule has 1 unspecified atom stereocenters. The van der Waals surface area contributed by atoms with Gasteiger partial charge in [0.25, 0.3) is 0 Å². The largest absolute Gasteiger partial charge is 0.480 e. The van der Waals surface area contributed by atoms with Gasteiger partial charge in [0.1, 0.15) is 5.25 Å². The van der Waals surface area contributed by atoms with E-state index in [2.05, 4.69) is 9.97 Å². The van der Waals surface area contributed by atoms with Crippen LogP contribution in [0.2, 0.25) is 0 Å². The Morgan fingerprint density at radius 1 is 1.61 bits per heavy atom. The summed E-state index contributed by atoms with van der Waals surface area (Å²) in [4.78, 5) is 18.5. The molecular weight excluding hydrogens is 250 g/mol. The molecule has 2 aromatic rings. The van der Waals surface area contributed by atoms with Crippen molar-refractivity contribution < 1.29 is 9.90 Å². The average Bonchev–Trinajstić information content (AvgIpc) is 2.69. The fourth-order valence-corrected chi connectivity index (χ4v) is 2.62. The number of rotatable bonds is 5. The van der Waals surface area contributed by atoms with Crippen molar-refractivity contribution in [1.29, 1.82) is 0 Å². The number of nitrogens with zero attached hydrogens (tertiary/aromatic N) is 1. The first-order chi connectivity index (χ1) is 8.60. The van der Waals surface area contributed by atoms with E-state index < -0.39 is 11.2 Å². The first-order valence-corrected chi connectivity index (χ1v) is 6.54. The highest BCUT2D eigenvalue weighted by Crippen LogP contribution is 2.25. The van der Waals surface area contributed by atoms with Crippen LogP contribution in [-0.4, -0.2) is 32.8 Å². The van der Waals surface area contributed by atoms with E-state index >= 15 is 0 Å². The number of hydrogen-bond acceptors (Lipinski definition) is 4. The third-order valence-electron chi connectivity index (χ3n) is 2.57. The molecule has 1 aromatic heterocycles. The topological polar surface area (TPSA) is 92.0 Å². The first kappa shape index (κ1) is 12.9. The quantitative estimate of drug-likeness (QED) is 0.716. The average molecular weight is 265 g/mol. The summed E-state index contributed by atoms with van der Waals surface area (Å²) in [6, 6.07) is 5.89. The molecular formula is C12H15N3O2S. The number of fused-ring (bicyclic) bond motifs is 1. The second-order valence-corrected chi connectivity index (χ2v) is 5.28. The Hall–Kier alpha value is -1.53. The van der Waals surface area contributed by atoms with Crippen LogP contribution in [0.4, 0.5) is 0 Å². The molecule has 0 saturated carbocycles. The van der Waals surface area contributed by atoms with Crippen molar-refractivity contribution >= 4 is 28.8 Å². The number of aromatic amines is 1. The highest BCUT2D eigenvalue weighted by Gasteiger charge is 2.19. The van der Waals surface area contributed by atoms with E-state index in [1.54, 1.807) is 0 Å². The molecule has 0 amide bonds. The van der Waals surface area contributed by atoms with Crippen LogP contribution >= 0.6 is 11.8 Å². The molecule has 0 aliphatic carbocycles. The second kappa shape index (κ2) is 5.41. The Morgan fingerprint density at radius 3 is 3.06 bits per heavy atom. The molecule has 1 atom stereocenters. The van der Waals surface area contributed by atoms with Crippen LogP contribution in [0.25, 0.3) is 11.0 Å². The summed E-state index contributed by atoms with van der Waals surface area (Å²) in [5, 5.41) is 9.13. The van der Waals surface area contributed by atoms with E-state index in [9.17, 15) is 4.79 Å². The molecule has 0 aliphatic rings. The predicted octanol–water partition coefficient (Wildman–Crippen LogP) is 1.77. The summed E-state index contributed by atoms with van der Waals surface area (Å²) in [5.74, 6) is -0.859. The molecule has 0 spiro atoms. The molecule has 5 nitrogen and oxygen atoms in total. The zero-order chi connectivity index (χ0) is 13.1. The Morgan fingerprint density at radius 2 is 2.39 bits per heavy atom. The van der Waals surface area contributed by atoms with Crippen LogP contribution < -0.4 is 5.73 Å². The predicted molar refractivity (Wildman–Crippen MR) is 71.8 cm³/mol. The van der Waals surface area contributed by atoms with E-state index in [1.165, 1.54) is 11.8 Å². The number of aliphatic carboxylic acids is 1. The lowest BCUT2D eigenvalue weighted by atomic mass is 10.2. The van der Waals surface area contributed by atoms with Crippen molar-refractivity contribution in [2.75, 3.05) is 6.54 Å². The maximum Gasteiger partial charge on any atom is 0.317 e. The van der Waals surface area contributed by atoms with Crippen LogP contribution in [0.15, 0.2) is 23.4 Å². The fourth-order valence-electron chi connectivity index (χ4n) is 1.67. The number of aromatic nitrogens is 2. The molecule has 6 heteroatoms. The minimum absolute atomic E-state index is 0.350. The molecule has 1 aromatic carbocycles. The highest BCUT2D eigenvalue weighted by atomic mass is 32.2. The number of aryl methyl sites for hydroxylation is 1. The number of carboxylic acids is 1. The number of carboxylic acid groups (broad SMARTS) is 1. The van der Waals surface area contributed by atoms with Gasteiger partial charge in [-0.1, -0.05) is 17.8 Å². The van der Waals surface area contributed by atoms with Crippen LogP contribution in [0.5, 0.6) is 0 Å². The van der Waals surface area contributed by atoms with E-state index in [-0.39, 0.29) is 0 Å². The summed E-state index contributed by atoms with van der Waals surface area (Å²) in [6.07, 6.45) is 0.427. The Labute approximate surface area is 109 Å². The number of H-pyrrole nitrogens is 1. The van der Waals surface area contributed by atoms with Gasteiger partial charge in [-0.05, 0) is 37.6 Å². The van der Waals surface area contributed by atoms with Crippen molar-refractivity contribution in [1.82, 2.24) is 9.97 Å². The maximum atomic E-state index is 11.0. The molecule has 96 valence electrons. The van der Waals surface area contributed by atoms with Gasteiger partial charge in [-0.25, -0.2) is 4.98 Å². The molecule has 0 saturated heterocycles. The molecule has 2 rings (SSSR count). The van der Waals surface area contributed by atoms with Gasteiger partial charge < -0.3 is 15.8 Å². The summed E-state index contributed by atoms with van der Waals surface area (Å²) in [6.45, 7) is 2.35. The first-order valence-electron chi connectivity index (χ1n) is 5.66. The van der Waals surface area contributed by atoms with Crippen molar-refractivity contribution in [3.05, 3.63) is 23.8 Å². The van der Waals surface area contributed by atoms with E-state index in [0.29, 0.717) is 18.1 Å². The number of nitrogens with two attached hydrogens (primary N) is 1. The summed E-state index contributed by atoms with van der Waals surface area (Å²) in [5.41, 5.74) is 8.32. The normalized spacial score (nSPS) is 12.8. The van der Waals surface area contributed by atoms with Gasteiger partial charge in [0.15, 0.2) is 5.16 Å².